The number of rotatable bonds is 5. The van der Waals surface area contributed by atoms with Crippen LogP contribution in [0.25, 0.3) is 0 Å². The van der Waals surface area contributed by atoms with Gasteiger partial charge in [0.25, 0.3) is 0 Å². The average molecular weight is 451 g/mol. The topological polar surface area (TPSA) is 77.4 Å². The molecule has 1 aromatic carbocycles. The molecular weight excluding hydrogens is 432 g/mol. The molecule has 2 atom stereocenters. The first-order chi connectivity index (χ1) is 14.0. The molecule has 0 fully saturated rings. The van der Waals surface area contributed by atoms with Gasteiger partial charge >= 0.3 is 12.1 Å². The molecule has 1 aromatic rings. The average Bonchev–Trinajstić information content (AvgIpc) is 3.12. The third-order valence-electron chi connectivity index (χ3n) is 4.49. The van der Waals surface area contributed by atoms with Crippen LogP contribution in [0, 0.1) is 5.82 Å². The van der Waals surface area contributed by atoms with Gasteiger partial charge in [-0.1, -0.05) is 11.6 Å². The van der Waals surface area contributed by atoms with Crippen molar-refractivity contribution in [3.05, 3.63) is 34.7 Å². The van der Waals surface area contributed by atoms with Crippen LogP contribution in [0.5, 0.6) is 0 Å². The Morgan fingerprint density at radius 3 is 2.80 bits per heavy atom. The normalized spacial score (nSPS) is 19.8. The SMILES string of the molecule is CCOC(=O)C(C)Nc1cc(N2C3=NCCN3C(C(F)(F)F)=CC2O)c(F)cc1Cl. The number of carbonyl (C=O) groups is 1. The van der Waals surface area contributed by atoms with Gasteiger partial charge in [0.15, 0.2) is 6.23 Å². The predicted molar refractivity (Wildman–Crippen MR) is 103 cm³/mol. The number of hydrogen-bond acceptors (Lipinski definition) is 7. The zero-order valence-corrected chi connectivity index (χ0v) is 16.8. The molecular formula is C18H19ClF4N4O3. The Bertz CT molecular complexity index is 906. The van der Waals surface area contributed by atoms with Gasteiger partial charge in [0.1, 0.15) is 17.6 Å². The highest BCUT2D eigenvalue weighted by Gasteiger charge is 2.46. The van der Waals surface area contributed by atoms with Crippen LogP contribution in [0.15, 0.2) is 28.9 Å². The maximum Gasteiger partial charge on any atom is 0.431 e. The number of hydrogen-bond donors (Lipinski definition) is 2. The van der Waals surface area contributed by atoms with E-state index in [1.807, 2.05) is 0 Å². The largest absolute Gasteiger partial charge is 0.464 e. The fourth-order valence-corrected chi connectivity index (χ4v) is 3.39. The Morgan fingerprint density at radius 1 is 1.47 bits per heavy atom. The Balaban J connectivity index is 1.99. The summed E-state index contributed by atoms with van der Waals surface area (Å²) in [5, 5.41) is 13.1. The van der Waals surface area contributed by atoms with Gasteiger partial charge in [-0.25, -0.2) is 9.18 Å². The molecule has 2 aliphatic heterocycles. The molecule has 0 radical (unpaired) electrons. The number of halogens is 5. The molecule has 0 aliphatic carbocycles. The van der Waals surface area contributed by atoms with Gasteiger partial charge in [0.05, 0.1) is 29.5 Å². The maximum atomic E-state index is 14.7. The van der Waals surface area contributed by atoms with E-state index in [1.54, 1.807) is 6.92 Å². The number of aliphatic hydroxyl groups is 1. The molecule has 12 heteroatoms. The lowest BCUT2D eigenvalue weighted by molar-refractivity contribution is -0.143. The summed E-state index contributed by atoms with van der Waals surface area (Å²) in [5.74, 6) is -1.68. The van der Waals surface area contributed by atoms with Crippen molar-refractivity contribution in [1.29, 1.82) is 0 Å². The number of alkyl halides is 3. The summed E-state index contributed by atoms with van der Waals surface area (Å²) in [6.07, 6.45) is -5.94. The Morgan fingerprint density at radius 2 is 2.17 bits per heavy atom. The molecule has 2 N–H and O–H groups in total. The number of benzene rings is 1. The van der Waals surface area contributed by atoms with Crippen LogP contribution in [0.2, 0.25) is 5.02 Å². The number of nitrogens with zero attached hydrogens (tertiary/aromatic N) is 3. The Labute approximate surface area is 174 Å². The van der Waals surface area contributed by atoms with Gasteiger partial charge in [-0.3, -0.25) is 9.89 Å². The van der Waals surface area contributed by atoms with E-state index in [0.717, 1.165) is 15.9 Å². The fraction of sp³-hybridized carbons (Fsp3) is 0.444. The second-order valence-electron chi connectivity index (χ2n) is 6.57. The van der Waals surface area contributed by atoms with Crippen molar-refractivity contribution >= 4 is 34.9 Å². The van der Waals surface area contributed by atoms with Crippen molar-refractivity contribution in [1.82, 2.24) is 4.90 Å². The van der Waals surface area contributed by atoms with Gasteiger partial charge in [0.2, 0.25) is 5.96 Å². The van der Waals surface area contributed by atoms with Gasteiger partial charge < -0.3 is 20.1 Å². The molecule has 3 rings (SSSR count). The quantitative estimate of drug-likeness (QED) is 0.530. The van der Waals surface area contributed by atoms with Crippen LogP contribution in [0.3, 0.4) is 0 Å². The van der Waals surface area contributed by atoms with Gasteiger partial charge in [-0.2, -0.15) is 13.2 Å². The molecule has 0 spiro atoms. The smallest absolute Gasteiger partial charge is 0.431 e. The summed E-state index contributed by atoms with van der Waals surface area (Å²) >= 11 is 6.06. The summed E-state index contributed by atoms with van der Waals surface area (Å²) in [6, 6.07) is 1.30. The van der Waals surface area contributed by atoms with Crippen molar-refractivity contribution in [3.63, 3.8) is 0 Å². The minimum Gasteiger partial charge on any atom is -0.464 e. The molecule has 0 bridgehead atoms. The highest BCUT2D eigenvalue weighted by atomic mass is 35.5. The Kier molecular flexibility index (Phi) is 6.14. The zero-order valence-electron chi connectivity index (χ0n) is 16.0. The molecule has 2 aliphatic rings. The summed E-state index contributed by atoms with van der Waals surface area (Å²) in [4.78, 5) is 17.7. The second kappa shape index (κ2) is 8.31. The Hall–Kier alpha value is -2.53. The van der Waals surface area contributed by atoms with Crippen molar-refractivity contribution in [3.8, 4) is 0 Å². The number of anilines is 2. The number of esters is 1. The monoisotopic (exact) mass is 450 g/mol. The fourth-order valence-electron chi connectivity index (χ4n) is 3.18. The lowest BCUT2D eigenvalue weighted by Gasteiger charge is -2.39. The standard InChI is InChI=1S/C18H19ClF4N4O3/c1-3-30-16(29)9(2)25-12-7-13(11(20)6-10(12)19)27-15(28)8-14(18(21,22)23)26-5-4-24-17(26)27/h6-9,15,25,28H,3-5H2,1-2H3. The first-order valence-electron chi connectivity index (χ1n) is 9.05. The third-order valence-corrected chi connectivity index (χ3v) is 4.81. The molecule has 30 heavy (non-hydrogen) atoms. The van der Waals surface area contributed by atoms with E-state index >= 15 is 0 Å². The number of aliphatic imine (C=N–C) groups is 1. The van der Waals surface area contributed by atoms with Crippen molar-refractivity contribution in [2.24, 2.45) is 4.99 Å². The van der Waals surface area contributed by atoms with Gasteiger partial charge in [-0.05, 0) is 32.1 Å². The van der Waals surface area contributed by atoms with Crippen molar-refractivity contribution in [2.75, 3.05) is 29.9 Å². The van der Waals surface area contributed by atoms with Crippen LogP contribution in [0.1, 0.15) is 13.8 Å². The van der Waals surface area contributed by atoms with Crippen LogP contribution < -0.4 is 10.2 Å². The van der Waals surface area contributed by atoms with E-state index in [4.69, 9.17) is 16.3 Å². The number of aliphatic hydroxyl groups excluding tert-OH is 1. The maximum absolute atomic E-state index is 14.7. The highest BCUT2D eigenvalue weighted by Crippen LogP contribution is 2.39. The lowest BCUT2D eigenvalue weighted by atomic mass is 10.1. The number of allylic oxidation sites excluding steroid dienone is 1. The second-order valence-corrected chi connectivity index (χ2v) is 6.98. The number of carbonyl (C=O) groups excluding carboxylic acids is 1. The van der Waals surface area contributed by atoms with Gasteiger partial charge in [-0.15, -0.1) is 0 Å². The van der Waals surface area contributed by atoms with E-state index in [0.29, 0.717) is 6.08 Å². The minimum absolute atomic E-state index is 0.0478. The van der Waals surface area contributed by atoms with Crippen molar-refractivity contribution in [2.45, 2.75) is 32.3 Å². The van der Waals surface area contributed by atoms with E-state index in [1.165, 1.54) is 13.0 Å². The number of ether oxygens (including phenoxy) is 1. The molecule has 2 heterocycles. The summed E-state index contributed by atoms with van der Waals surface area (Å²) < 4.78 is 59.6. The van der Waals surface area contributed by atoms with E-state index < -0.39 is 35.9 Å². The van der Waals surface area contributed by atoms with E-state index in [2.05, 4.69) is 10.3 Å². The first kappa shape index (κ1) is 22.2. The zero-order chi connectivity index (χ0) is 22.2. The predicted octanol–water partition coefficient (Wildman–Crippen LogP) is 3.10. The summed E-state index contributed by atoms with van der Waals surface area (Å²) in [7, 11) is 0. The highest BCUT2D eigenvalue weighted by molar-refractivity contribution is 6.33. The molecule has 164 valence electrons. The number of nitrogens with one attached hydrogen (secondary N) is 1. The molecule has 0 saturated carbocycles. The third kappa shape index (κ3) is 4.17. The number of fused-ring (bicyclic) bond motifs is 1. The van der Waals surface area contributed by atoms with Crippen LogP contribution in [-0.2, 0) is 9.53 Å². The van der Waals surface area contributed by atoms with Crippen LogP contribution in [0.4, 0.5) is 28.9 Å². The van der Waals surface area contributed by atoms with E-state index in [9.17, 15) is 27.5 Å². The molecule has 0 amide bonds. The molecule has 0 saturated heterocycles. The summed E-state index contributed by atoms with van der Waals surface area (Å²) in [6.45, 7) is 3.30. The van der Waals surface area contributed by atoms with E-state index in [-0.39, 0.29) is 42.1 Å². The van der Waals surface area contributed by atoms with Crippen molar-refractivity contribution < 1.29 is 32.2 Å². The van der Waals surface area contributed by atoms with Crippen LogP contribution >= 0.6 is 11.6 Å². The van der Waals surface area contributed by atoms with Gasteiger partial charge in [0, 0.05) is 6.54 Å². The number of guanidine groups is 1. The molecule has 2 unspecified atom stereocenters. The minimum atomic E-state index is -4.71. The van der Waals surface area contributed by atoms with Crippen LogP contribution in [-0.4, -0.2) is 60.1 Å². The first-order valence-corrected chi connectivity index (χ1v) is 9.43. The molecule has 0 aromatic heterocycles. The molecule has 7 nitrogen and oxygen atoms in total. The lowest BCUT2D eigenvalue weighted by Crippen LogP contribution is -2.53. The summed E-state index contributed by atoms with van der Waals surface area (Å²) in [5.41, 5.74) is -1.18.